The van der Waals surface area contributed by atoms with Gasteiger partial charge >= 0.3 is 0 Å². The van der Waals surface area contributed by atoms with Gasteiger partial charge in [-0.15, -0.1) is 10.2 Å². The van der Waals surface area contributed by atoms with E-state index in [0.717, 1.165) is 12.8 Å². The van der Waals surface area contributed by atoms with Gasteiger partial charge in [-0.3, -0.25) is 9.59 Å². The fourth-order valence-electron chi connectivity index (χ4n) is 3.49. The summed E-state index contributed by atoms with van der Waals surface area (Å²) in [5.74, 6) is -0.0584. The summed E-state index contributed by atoms with van der Waals surface area (Å²) in [4.78, 5) is 25.0. The molecule has 1 heterocycles. The number of hydrogen-bond acceptors (Lipinski definition) is 4. The fraction of sp³-hybridized carbons (Fsp3) is 0.750. The molecule has 0 aliphatic heterocycles. The first-order valence-electron chi connectivity index (χ1n) is 8.21. The first-order valence-corrected chi connectivity index (χ1v) is 8.21. The Morgan fingerprint density at radius 3 is 2.48 bits per heavy atom. The highest BCUT2D eigenvalue weighted by atomic mass is 16.2. The van der Waals surface area contributed by atoms with Crippen LogP contribution in [0.2, 0.25) is 0 Å². The van der Waals surface area contributed by atoms with Crippen LogP contribution in [-0.4, -0.2) is 39.7 Å². The van der Waals surface area contributed by atoms with Gasteiger partial charge < -0.3 is 15.2 Å². The van der Waals surface area contributed by atoms with Gasteiger partial charge in [-0.25, -0.2) is 0 Å². The van der Waals surface area contributed by atoms with Crippen molar-refractivity contribution >= 4 is 11.8 Å². The lowest BCUT2D eigenvalue weighted by molar-refractivity contribution is -0.138. The Hall–Kier alpha value is -1.92. The number of aromatic nitrogens is 3. The van der Waals surface area contributed by atoms with Crippen LogP contribution >= 0.6 is 0 Å². The van der Waals surface area contributed by atoms with Crippen molar-refractivity contribution in [2.45, 2.75) is 47.1 Å². The molecule has 2 rings (SSSR count). The third-order valence-corrected chi connectivity index (χ3v) is 5.52. The molecule has 0 radical (unpaired) electrons. The molecule has 2 amide bonds. The molecule has 2 N–H and O–H groups in total. The van der Waals surface area contributed by atoms with Gasteiger partial charge in [0.1, 0.15) is 12.7 Å². The van der Waals surface area contributed by atoms with Gasteiger partial charge in [0.25, 0.3) is 0 Å². The minimum absolute atomic E-state index is 0.0161. The summed E-state index contributed by atoms with van der Waals surface area (Å²) in [5, 5.41) is 13.4. The van der Waals surface area contributed by atoms with E-state index in [4.69, 9.17) is 0 Å². The zero-order valence-corrected chi connectivity index (χ0v) is 14.4. The van der Waals surface area contributed by atoms with Gasteiger partial charge in [0.15, 0.2) is 0 Å². The molecule has 23 heavy (non-hydrogen) atoms. The van der Waals surface area contributed by atoms with Crippen LogP contribution in [0.25, 0.3) is 0 Å². The summed E-state index contributed by atoms with van der Waals surface area (Å²) in [7, 11) is 0. The summed E-state index contributed by atoms with van der Waals surface area (Å²) in [6.07, 6.45) is 4.71. The molecule has 7 heteroatoms. The third kappa shape index (κ3) is 3.23. The van der Waals surface area contributed by atoms with Crippen LogP contribution < -0.4 is 10.6 Å². The summed E-state index contributed by atoms with van der Waals surface area (Å²) in [5.41, 5.74) is -0.928. The maximum Gasteiger partial charge on any atom is 0.226 e. The highest BCUT2D eigenvalue weighted by Crippen LogP contribution is 2.56. The summed E-state index contributed by atoms with van der Waals surface area (Å²) < 4.78 is 1.82. The summed E-state index contributed by atoms with van der Waals surface area (Å²) in [6, 6.07) is 0. The van der Waals surface area contributed by atoms with E-state index in [-0.39, 0.29) is 23.1 Å². The van der Waals surface area contributed by atoms with Crippen molar-refractivity contribution in [3.05, 3.63) is 12.7 Å². The highest BCUT2D eigenvalue weighted by Gasteiger charge is 2.57. The van der Waals surface area contributed by atoms with E-state index in [2.05, 4.69) is 20.8 Å². The van der Waals surface area contributed by atoms with E-state index in [1.807, 2.05) is 32.3 Å². The van der Waals surface area contributed by atoms with E-state index in [9.17, 15) is 9.59 Å². The minimum atomic E-state index is -0.546. The van der Waals surface area contributed by atoms with Gasteiger partial charge in [0, 0.05) is 25.6 Å². The maximum absolute atomic E-state index is 12.8. The molecule has 1 saturated carbocycles. The predicted molar refractivity (Wildman–Crippen MR) is 86.3 cm³/mol. The summed E-state index contributed by atoms with van der Waals surface area (Å²) >= 11 is 0. The minimum Gasteiger partial charge on any atom is -0.356 e. The van der Waals surface area contributed by atoms with Crippen LogP contribution in [-0.2, 0) is 16.1 Å². The number of rotatable bonds is 6. The van der Waals surface area contributed by atoms with Gasteiger partial charge in [-0.05, 0) is 25.2 Å². The van der Waals surface area contributed by atoms with Crippen LogP contribution in [0.5, 0.6) is 0 Å². The molecule has 0 saturated heterocycles. The molecule has 2 atom stereocenters. The third-order valence-electron chi connectivity index (χ3n) is 5.52. The molecule has 1 aromatic rings. The molecule has 1 aliphatic carbocycles. The highest BCUT2D eigenvalue weighted by molar-refractivity contribution is 5.87. The average molecular weight is 321 g/mol. The Morgan fingerprint density at radius 1 is 1.22 bits per heavy atom. The van der Waals surface area contributed by atoms with E-state index >= 15 is 0 Å². The fourth-order valence-corrected chi connectivity index (χ4v) is 3.49. The maximum atomic E-state index is 12.8. The van der Waals surface area contributed by atoms with Crippen molar-refractivity contribution in [3.8, 4) is 0 Å². The van der Waals surface area contributed by atoms with E-state index < -0.39 is 5.41 Å². The molecule has 0 unspecified atom stereocenters. The molecule has 128 valence electrons. The molecule has 0 bridgehead atoms. The number of amides is 2. The Morgan fingerprint density at radius 2 is 1.87 bits per heavy atom. The van der Waals surface area contributed by atoms with E-state index in [1.54, 1.807) is 12.7 Å². The first kappa shape index (κ1) is 17.4. The predicted octanol–water partition coefficient (Wildman–Crippen LogP) is 0.973. The van der Waals surface area contributed by atoms with Gasteiger partial charge in [-0.2, -0.15) is 0 Å². The zero-order valence-electron chi connectivity index (χ0n) is 14.4. The lowest BCUT2D eigenvalue weighted by Crippen LogP contribution is -2.49. The largest absolute Gasteiger partial charge is 0.356 e. The Kier molecular flexibility index (Phi) is 5.06. The number of nitrogens with one attached hydrogen (secondary N) is 2. The molecule has 7 nitrogen and oxygen atoms in total. The van der Waals surface area contributed by atoms with Crippen LogP contribution in [0.4, 0.5) is 0 Å². The van der Waals surface area contributed by atoms with E-state index in [1.165, 1.54) is 0 Å². The zero-order chi connectivity index (χ0) is 17.1. The van der Waals surface area contributed by atoms with Crippen molar-refractivity contribution in [1.29, 1.82) is 0 Å². The van der Waals surface area contributed by atoms with E-state index in [0.29, 0.717) is 19.6 Å². The molecule has 0 spiro atoms. The molecule has 1 aliphatic rings. The van der Waals surface area contributed by atoms with Gasteiger partial charge in [-0.1, -0.05) is 20.8 Å². The van der Waals surface area contributed by atoms with Crippen LogP contribution in [0.15, 0.2) is 12.7 Å². The van der Waals surface area contributed by atoms with Crippen molar-refractivity contribution in [2.75, 3.05) is 13.1 Å². The van der Waals surface area contributed by atoms with Gasteiger partial charge in [0.05, 0.1) is 5.41 Å². The smallest absolute Gasteiger partial charge is 0.226 e. The topological polar surface area (TPSA) is 88.9 Å². The average Bonchev–Trinajstić information content (AvgIpc) is 3.07. The number of nitrogens with zero attached hydrogens (tertiary/aromatic N) is 3. The van der Waals surface area contributed by atoms with Crippen molar-refractivity contribution in [3.63, 3.8) is 0 Å². The Bertz CT molecular complexity index is 555. The second kappa shape index (κ2) is 6.68. The monoisotopic (exact) mass is 321 g/mol. The van der Waals surface area contributed by atoms with Crippen molar-refractivity contribution in [2.24, 2.45) is 16.7 Å². The Labute approximate surface area is 137 Å². The molecular formula is C16H27N5O2. The number of hydrogen-bond donors (Lipinski definition) is 2. The standard InChI is InChI=1S/C16H27N5O2/c1-5-17-13(22)12-6-7-16(4,15(12,2)3)14(23)18-8-9-21-10-19-20-11-21/h10-12H,5-9H2,1-4H3,(H,17,22)(H,18,23)/t12-,16+/m0/s1. The van der Waals surface area contributed by atoms with Crippen molar-refractivity contribution < 1.29 is 9.59 Å². The quantitative estimate of drug-likeness (QED) is 0.817. The SMILES string of the molecule is CCNC(=O)[C@@H]1CC[C@](C)(C(=O)NCCn2cnnc2)C1(C)C. The molecule has 1 aromatic heterocycles. The molecular weight excluding hydrogens is 294 g/mol. The first-order chi connectivity index (χ1) is 10.8. The summed E-state index contributed by atoms with van der Waals surface area (Å²) in [6.45, 7) is 9.71. The van der Waals surface area contributed by atoms with Crippen LogP contribution in [0.1, 0.15) is 40.5 Å². The van der Waals surface area contributed by atoms with Gasteiger partial charge in [0.2, 0.25) is 11.8 Å². The van der Waals surface area contributed by atoms with Crippen molar-refractivity contribution in [1.82, 2.24) is 25.4 Å². The van der Waals surface area contributed by atoms with Crippen LogP contribution in [0, 0.1) is 16.7 Å². The lowest BCUT2D eigenvalue weighted by atomic mass is 9.65. The normalized spacial score (nSPS) is 26.0. The number of carbonyl (C=O) groups excluding carboxylic acids is 2. The second-order valence-electron chi connectivity index (χ2n) is 7.00. The molecule has 1 fully saturated rings. The second-order valence-corrected chi connectivity index (χ2v) is 7.00. The lowest BCUT2D eigenvalue weighted by Gasteiger charge is -2.39. The molecule has 0 aromatic carbocycles. The van der Waals surface area contributed by atoms with Crippen LogP contribution in [0.3, 0.4) is 0 Å². The Balaban J connectivity index is 1.99. The number of carbonyl (C=O) groups is 2.